The summed E-state index contributed by atoms with van der Waals surface area (Å²) in [5.41, 5.74) is 1.45. The molecule has 0 saturated heterocycles. The number of aromatic nitrogens is 3. The van der Waals surface area contributed by atoms with Gasteiger partial charge in [-0.1, -0.05) is 12.1 Å². The fourth-order valence-corrected chi connectivity index (χ4v) is 3.72. The largest absolute Gasteiger partial charge is 0.416 e. The number of carbonyl (C=O) groups excluding carboxylic acids is 1. The van der Waals surface area contributed by atoms with Crippen LogP contribution in [-0.4, -0.2) is 20.9 Å². The third-order valence-electron chi connectivity index (χ3n) is 4.94. The van der Waals surface area contributed by atoms with Gasteiger partial charge in [0, 0.05) is 28.7 Å². The first-order chi connectivity index (χ1) is 16.6. The maximum atomic E-state index is 13.7. The van der Waals surface area contributed by atoms with Crippen molar-refractivity contribution in [3.63, 3.8) is 0 Å². The Morgan fingerprint density at radius 2 is 1.80 bits per heavy atom. The van der Waals surface area contributed by atoms with Gasteiger partial charge in [0.15, 0.2) is 0 Å². The van der Waals surface area contributed by atoms with Gasteiger partial charge in [-0.3, -0.25) is 9.78 Å². The van der Waals surface area contributed by atoms with Gasteiger partial charge in [0.2, 0.25) is 0 Å². The van der Waals surface area contributed by atoms with Crippen molar-refractivity contribution in [2.24, 2.45) is 0 Å². The number of anilines is 3. The molecule has 4 aromatic rings. The SMILES string of the molecule is Cc1ncc(NC(=O)c2cc(F)cc(C(F)(F)F)c2)cc1-c1cccc(Nc2ncncc2I)c1. The van der Waals surface area contributed by atoms with Gasteiger partial charge in [-0.2, -0.15) is 13.2 Å². The van der Waals surface area contributed by atoms with Crippen LogP contribution in [0.3, 0.4) is 0 Å². The van der Waals surface area contributed by atoms with E-state index in [1.807, 2.05) is 24.3 Å². The molecule has 0 spiro atoms. The zero-order chi connectivity index (χ0) is 25.2. The lowest BCUT2D eigenvalue weighted by Crippen LogP contribution is -2.15. The quantitative estimate of drug-likeness (QED) is 0.201. The summed E-state index contributed by atoms with van der Waals surface area (Å²) in [7, 11) is 0. The number of aryl methyl sites for hydroxylation is 1. The summed E-state index contributed by atoms with van der Waals surface area (Å²) in [6, 6.07) is 10.8. The van der Waals surface area contributed by atoms with E-state index in [0.717, 1.165) is 20.9 Å². The number of pyridine rings is 1. The summed E-state index contributed by atoms with van der Waals surface area (Å²) >= 11 is 2.12. The van der Waals surface area contributed by atoms with E-state index >= 15 is 0 Å². The Morgan fingerprint density at radius 1 is 1.00 bits per heavy atom. The number of nitrogens with one attached hydrogen (secondary N) is 2. The van der Waals surface area contributed by atoms with Crippen LogP contribution in [0.2, 0.25) is 0 Å². The molecular formula is C24H16F4IN5O. The van der Waals surface area contributed by atoms with Gasteiger partial charge in [-0.15, -0.1) is 0 Å². The monoisotopic (exact) mass is 593 g/mol. The highest BCUT2D eigenvalue weighted by molar-refractivity contribution is 14.1. The molecule has 0 saturated carbocycles. The number of rotatable bonds is 5. The van der Waals surface area contributed by atoms with Gasteiger partial charge in [0.25, 0.3) is 5.91 Å². The second-order valence-corrected chi connectivity index (χ2v) is 8.62. The molecule has 2 heterocycles. The van der Waals surface area contributed by atoms with Crippen LogP contribution < -0.4 is 10.6 Å². The second kappa shape index (κ2) is 9.94. The topological polar surface area (TPSA) is 79.8 Å². The molecule has 0 aliphatic carbocycles. The minimum absolute atomic E-state index is 0.247. The third kappa shape index (κ3) is 5.91. The summed E-state index contributed by atoms with van der Waals surface area (Å²) in [5.74, 6) is -1.40. The Labute approximate surface area is 211 Å². The Kier molecular flexibility index (Phi) is 6.96. The van der Waals surface area contributed by atoms with Crippen LogP contribution in [0, 0.1) is 16.3 Å². The van der Waals surface area contributed by atoms with Gasteiger partial charge < -0.3 is 10.6 Å². The van der Waals surface area contributed by atoms with Crippen molar-refractivity contribution in [1.82, 2.24) is 15.0 Å². The Hall–Kier alpha value is -3.61. The van der Waals surface area contributed by atoms with Gasteiger partial charge in [-0.05, 0) is 71.5 Å². The van der Waals surface area contributed by atoms with Crippen molar-refractivity contribution >= 4 is 45.7 Å². The third-order valence-corrected chi connectivity index (χ3v) is 5.73. The van der Waals surface area contributed by atoms with E-state index in [-0.39, 0.29) is 5.69 Å². The first kappa shape index (κ1) is 24.5. The molecule has 1 amide bonds. The molecule has 0 radical (unpaired) electrons. The number of nitrogens with zero attached hydrogens (tertiary/aromatic N) is 3. The standard InChI is InChI=1S/C24H16F4IN5O/c1-13-20(14-3-2-4-18(7-14)33-22-21(29)11-30-12-32-22)9-19(10-31-13)34-23(35)15-5-16(24(26,27)28)8-17(25)6-15/h2-12H,1H3,(H,34,35)(H,30,32,33). The lowest BCUT2D eigenvalue weighted by Gasteiger charge is -2.13. The van der Waals surface area contributed by atoms with Crippen molar-refractivity contribution in [2.45, 2.75) is 13.1 Å². The molecule has 0 bridgehead atoms. The predicted octanol–water partition coefficient (Wildman–Crippen LogP) is 6.61. The molecule has 0 atom stereocenters. The van der Waals surface area contributed by atoms with E-state index in [1.54, 1.807) is 19.2 Å². The van der Waals surface area contributed by atoms with Crippen LogP contribution in [0.4, 0.5) is 34.8 Å². The fraction of sp³-hybridized carbons (Fsp3) is 0.0833. The van der Waals surface area contributed by atoms with Gasteiger partial charge >= 0.3 is 6.18 Å². The number of amides is 1. The van der Waals surface area contributed by atoms with Crippen LogP contribution in [-0.2, 0) is 6.18 Å². The lowest BCUT2D eigenvalue weighted by molar-refractivity contribution is -0.137. The average Bonchev–Trinajstić information content (AvgIpc) is 2.81. The van der Waals surface area contributed by atoms with Gasteiger partial charge in [0.1, 0.15) is 18.0 Å². The van der Waals surface area contributed by atoms with E-state index in [4.69, 9.17) is 0 Å². The number of halogens is 5. The zero-order valence-corrected chi connectivity index (χ0v) is 20.1. The van der Waals surface area contributed by atoms with Crippen LogP contribution in [0.5, 0.6) is 0 Å². The summed E-state index contributed by atoms with van der Waals surface area (Å²) in [4.78, 5) is 25.0. The lowest BCUT2D eigenvalue weighted by atomic mass is 10.0. The minimum Gasteiger partial charge on any atom is -0.339 e. The number of carbonyl (C=O) groups is 1. The summed E-state index contributed by atoms with van der Waals surface area (Å²) in [5, 5.41) is 5.71. The Balaban J connectivity index is 1.60. The Morgan fingerprint density at radius 3 is 2.54 bits per heavy atom. The smallest absolute Gasteiger partial charge is 0.339 e. The molecule has 35 heavy (non-hydrogen) atoms. The van der Waals surface area contributed by atoms with Crippen molar-refractivity contribution in [1.29, 1.82) is 0 Å². The molecule has 6 nitrogen and oxygen atoms in total. The zero-order valence-electron chi connectivity index (χ0n) is 18.0. The minimum atomic E-state index is -4.78. The highest BCUT2D eigenvalue weighted by atomic mass is 127. The van der Waals surface area contributed by atoms with E-state index in [1.165, 1.54) is 12.5 Å². The second-order valence-electron chi connectivity index (χ2n) is 7.46. The first-order valence-electron chi connectivity index (χ1n) is 10.1. The van der Waals surface area contributed by atoms with Crippen LogP contribution in [0.1, 0.15) is 21.6 Å². The van der Waals surface area contributed by atoms with Crippen molar-refractivity contribution in [2.75, 3.05) is 10.6 Å². The van der Waals surface area contributed by atoms with Crippen molar-refractivity contribution in [3.05, 3.63) is 93.5 Å². The molecule has 2 aromatic carbocycles. The van der Waals surface area contributed by atoms with Crippen LogP contribution >= 0.6 is 22.6 Å². The average molecular weight is 593 g/mol. The molecule has 0 fully saturated rings. The summed E-state index contributed by atoms with van der Waals surface area (Å²) < 4.78 is 53.5. The van der Waals surface area contributed by atoms with Gasteiger partial charge in [0.05, 0.1) is 21.0 Å². The molecule has 0 aliphatic heterocycles. The predicted molar refractivity (Wildman–Crippen MR) is 132 cm³/mol. The molecule has 2 aromatic heterocycles. The van der Waals surface area contributed by atoms with Crippen molar-refractivity contribution in [3.8, 4) is 11.1 Å². The number of hydrogen-bond acceptors (Lipinski definition) is 5. The molecule has 0 unspecified atom stereocenters. The van der Waals surface area contributed by atoms with Crippen LogP contribution in [0.15, 0.2) is 67.3 Å². The van der Waals surface area contributed by atoms with Crippen LogP contribution in [0.25, 0.3) is 11.1 Å². The highest BCUT2D eigenvalue weighted by Gasteiger charge is 2.32. The molecule has 2 N–H and O–H groups in total. The fourth-order valence-electron chi connectivity index (χ4n) is 3.29. The van der Waals surface area contributed by atoms with E-state index in [0.29, 0.717) is 29.2 Å². The number of hydrogen-bond donors (Lipinski definition) is 2. The maximum absolute atomic E-state index is 13.7. The van der Waals surface area contributed by atoms with E-state index in [2.05, 4.69) is 48.2 Å². The first-order valence-corrected chi connectivity index (χ1v) is 11.2. The van der Waals surface area contributed by atoms with Crippen molar-refractivity contribution < 1.29 is 22.4 Å². The Bertz CT molecular complexity index is 1410. The van der Waals surface area contributed by atoms with E-state index < -0.39 is 29.0 Å². The van der Waals surface area contributed by atoms with E-state index in [9.17, 15) is 22.4 Å². The number of alkyl halides is 3. The molecular weight excluding hydrogens is 577 g/mol. The summed E-state index contributed by atoms with van der Waals surface area (Å²) in [6.07, 6.45) is -0.286. The molecule has 11 heteroatoms. The number of benzene rings is 2. The molecule has 178 valence electrons. The molecule has 4 rings (SSSR count). The molecule has 0 aliphatic rings. The summed E-state index contributed by atoms with van der Waals surface area (Å²) in [6.45, 7) is 1.79. The normalized spacial score (nSPS) is 11.3. The van der Waals surface area contributed by atoms with Gasteiger partial charge in [-0.25, -0.2) is 14.4 Å². The maximum Gasteiger partial charge on any atom is 0.416 e. The highest BCUT2D eigenvalue weighted by Crippen LogP contribution is 2.31.